The van der Waals surface area contributed by atoms with Crippen molar-refractivity contribution in [2.24, 2.45) is 0 Å². The van der Waals surface area contributed by atoms with Gasteiger partial charge in [-0.3, -0.25) is 4.79 Å². The molecule has 0 atom stereocenters. The lowest BCUT2D eigenvalue weighted by Gasteiger charge is -2.10. The molecule has 0 aliphatic carbocycles. The fraction of sp³-hybridized carbons (Fsp3) is 0.381. The maximum atomic E-state index is 12.4. The summed E-state index contributed by atoms with van der Waals surface area (Å²) in [6.07, 6.45) is 2.11. The van der Waals surface area contributed by atoms with E-state index in [4.69, 9.17) is 14.2 Å². The van der Waals surface area contributed by atoms with Crippen molar-refractivity contribution < 1.29 is 19.0 Å². The topological polar surface area (TPSA) is 56.8 Å². The Kier molecular flexibility index (Phi) is 8.49. The number of anilines is 1. The summed E-state index contributed by atoms with van der Waals surface area (Å²) in [5.41, 5.74) is 1.27. The standard InChI is InChI=1S/C21H27NO4/c1-3-5-13-25-19-11-9-17(10-12-19)21(23)22-18-7-6-8-20(16-18)26-15-14-24-4-2/h6-12,16H,3-5,13-15H2,1-2H3,(H,22,23). The maximum absolute atomic E-state index is 12.4. The van der Waals surface area contributed by atoms with E-state index < -0.39 is 0 Å². The first-order valence-corrected chi connectivity index (χ1v) is 9.07. The summed E-state index contributed by atoms with van der Waals surface area (Å²) in [6.45, 7) is 6.44. The third-order valence-corrected chi connectivity index (χ3v) is 3.68. The molecule has 5 nitrogen and oxygen atoms in total. The average Bonchev–Trinajstić information content (AvgIpc) is 2.66. The Morgan fingerprint density at radius 1 is 0.923 bits per heavy atom. The van der Waals surface area contributed by atoms with Crippen LogP contribution >= 0.6 is 0 Å². The zero-order valence-electron chi connectivity index (χ0n) is 15.5. The summed E-state index contributed by atoms with van der Waals surface area (Å²) in [5, 5.41) is 2.88. The van der Waals surface area contributed by atoms with Crippen molar-refractivity contribution >= 4 is 11.6 Å². The Morgan fingerprint density at radius 2 is 1.69 bits per heavy atom. The van der Waals surface area contributed by atoms with Crippen LogP contribution in [-0.4, -0.2) is 32.3 Å². The molecule has 0 spiro atoms. The normalized spacial score (nSPS) is 10.4. The van der Waals surface area contributed by atoms with Crippen LogP contribution in [0.4, 0.5) is 5.69 Å². The van der Waals surface area contributed by atoms with Gasteiger partial charge in [0.1, 0.15) is 18.1 Å². The van der Waals surface area contributed by atoms with Crippen LogP contribution < -0.4 is 14.8 Å². The van der Waals surface area contributed by atoms with E-state index >= 15 is 0 Å². The second-order valence-corrected chi connectivity index (χ2v) is 5.75. The van der Waals surface area contributed by atoms with Gasteiger partial charge in [-0.05, 0) is 49.7 Å². The van der Waals surface area contributed by atoms with Gasteiger partial charge in [0.15, 0.2) is 0 Å². The molecule has 0 bridgehead atoms. The smallest absolute Gasteiger partial charge is 0.255 e. The summed E-state index contributed by atoms with van der Waals surface area (Å²) >= 11 is 0. The van der Waals surface area contributed by atoms with E-state index in [1.54, 1.807) is 18.2 Å². The lowest BCUT2D eigenvalue weighted by Crippen LogP contribution is -2.12. The molecule has 140 valence electrons. The molecule has 2 aromatic rings. The predicted molar refractivity (Wildman–Crippen MR) is 103 cm³/mol. The molecule has 26 heavy (non-hydrogen) atoms. The van der Waals surface area contributed by atoms with Crippen molar-refractivity contribution in [1.29, 1.82) is 0 Å². The van der Waals surface area contributed by atoms with Crippen LogP contribution in [0.5, 0.6) is 11.5 Å². The Labute approximate surface area is 155 Å². The van der Waals surface area contributed by atoms with Crippen LogP contribution in [0.3, 0.4) is 0 Å². The number of nitrogens with one attached hydrogen (secondary N) is 1. The molecule has 2 aromatic carbocycles. The van der Waals surface area contributed by atoms with Crippen LogP contribution in [0.25, 0.3) is 0 Å². The molecule has 0 aliphatic rings. The van der Waals surface area contributed by atoms with Gasteiger partial charge in [-0.1, -0.05) is 19.4 Å². The van der Waals surface area contributed by atoms with E-state index in [1.807, 2.05) is 37.3 Å². The number of hydrogen-bond donors (Lipinski definition) is 1. The Bertz CT molecular complexity index is 670. The number of ether oxygens (including phenoxy) is 3. The van der Waals surface area contributed by atoms with Gasteiger partial charge in [0.05, 0.1) is 13.2 Å². The minimum atomic E-state index is -0.170. The van der Waals surface area contributed by atoms with Gasteiger partial charge in [0, 0.05) is 23.9 Å². The van der Waals surface area contributed by atoms with E-state index in [1.165, 1.54) is 0 Å². The molecular formula is C21H27NO4. The molecule has 0 saturated carbocycles. The minimum absolute atomic E-state index is 0.170. The van der Waals surface area contributed by atoms with Crippen molar-refractivity contribution in [2.45, 2.75) is 26.7 Å². The fourth-order valence-electron chi connectivity index (χ4n) is 2.27. The highest BCUT2D eigenvalue weighted by Crippen LogP contribution is 2.19. The number of rotatable bonds is 11. The SMILES string of the molecule is CCCCOc1ccc(C(=O)Nc2cccc(OCCOCC)c2)cc1. The van der Waals surface area contributed by atoms with Crippen molar-refractivity contribution in [1.82, 2.24) is 0 Å². The molecule has 0 saturated heterocycles. The van der Waals surface area contributed by atoms with Gasteiger partial charge in [-0.15, -0.1) is 0 Å². The number of hydrogen-bond acceptors (Lipinski definition) is 4. The fourth-order valence-corrected chi connectivity index (χ4v) is 2.27. The second kappa shape index (κ2) is 11.2. The van der Waals surface area contributed by atoms with Crippen molar-refractivity contribution in [3.63, 3.8) is 0 Å². The molecule has 0 unspecified atom stereocenters. The third kappa shape index (κ3) is 6.76. The lowest BCUT2D eigenvalue weighted by atomic mass is 10.2. The maximum Gasteiger partial charge on any atom is 0.255 e. The number of amides is 1. The highest BCUT2D eigenvalue weighted by molar-refractivity contribution is 6.04. The van der Waals surface area contributed by atoms with Gasteiger partial charge < -0.3 is 19.5 Å². The highest BCUT2D eigenvalue weighted by atomic mass is 16.5. The summed E-state index contributed by atoms with van der Waals surface area (Å²) in [7, 11) is 0. The van der Waals surface area contributed by atoms with E-state index in [0.717, 1.165) is 18.6 Å². The molecule has 0 fully saturated rings. The Morgan fingerprint density at radius 3 is 2.42 bits per heavy atom. The first-order valence-electron chi connectivity index (χ1n) is 9.07. The van der Waals surface area contributed by atoms with Crippen molar-refractivity contribution in [3.05, 3.63) is 54.1 Å². The van der Waals surface area contributed by atoms with Gasteiger partial charge in [0.2, 0.25) is 0 Å². The number of benzene rings is 2. The van der Waals surface area contributed by atoms with Gasteiger partial charge in [-0.2, -0.15) is 0 Å². The molecular weight excluding hydrogens is 330 g/mol. The van der Waals surface area contributed by atoms with Crippen LogP contribution in [0.2, 0.25) is 0 Å². The average molecular weight is 357 g/mol. The Balaban J connectivity index is 1.88. The van der Waals surface area contributed by atoms with E-state index in [-0.39, 0.29) is 5.91 Å². The minimum Gasteiger partial charge on any atom is -0.494 e. The number of unbranched alkanes of at least 4 members (excludes halogenated alkanes) is 1. The van der Waals surface area contributed by atoms with Gasteiger partial charge in [0.25, 0.3) is 5.91 Å². The highest BCUT2D eigenvalue weighted by Gasteiger charge is 2.07. The molecule has 0 radical (unpaired) electrons. The van der Waals surface area contributed by atoms with Gasteiger partial charge >= 0.3 is 0 Å². The summed E-state index contributed by atoms with van der Waals surface area (Å²) in [4.78, 5) is 12.4. The molecule has 0 heterocycles. The van der Waals surface area contributed by atoms with Gasteiger partial charge in [-0.25, -0.2) is 0 Å². The predicted octanol–water partition coefficient (Wildman–Crippen LogP) is 4.53. The largest absolute Gasteiger partial charge is 0.494 e. The molecule has 0 aliphatic heterocycles. The molecule has 1 N–H and O–H groups in total. The summed E-state index contributed by atoms with van der Waals surface area (Å²) in [5.74, 6) is 1.30. The molecule has 2 rings (SSSR count). The lowest BCUT2D eigenvalue weighted by molar-refractivity contribution is 0.102. The van der Waals surface area contributed by atoms with Crippen LogP contribution in [0, 0.1) is 0 Å². The van der Waals surface area contributed by atoms with Crippen molar-refractivity contribution in [3.8, 4) is 11.5 Å². The first-order chi connectivity index (χ1) is 12.7. The van der Waals surface area contributed by atoms with Crippen molar-refractivity contribution in [2.75, 3.05) is 31.7 Å². The monoisotopic (exact) mass is 357 g/mol. The van der Waals surface area contributed by atoms with E-state index in [2.05, 4.69) is 12.2 Å². The number of carbonyl (C=O) groups excluding carboxylic acids is 1. The quantitative estimate of drug-likeness (QED) is 0.600. The molecule has 0 aromatic heterocycles. The molecule has 1 amide bonds. The van der Waals surface area contributed by atoms with E-state index in [0.29, 0.717) is 43.4 Å². The van der Waals surface area contributed by atoms with Crippen LogP contribution in [0.1, 0.15) is 37.0 Å². The Hall–Kier alpha value is -2.53. The summed E-state index contributed by atoms with van der Waals surface area (Å²) in [6, 6.07) is 14.5. The second-order valence-electron chi connectivity index (χ2n) is 5.75. The first kappa shape index (κ1) is 19.8. The zero-order valence-corrected chi connectivity index (χ0v) is 15.5. The van der Waals surface area contributed by atoms with Crippen LogP contribution in [0.15, 0.2) is 48.5 Å². The zero-order chi connectivity index (χ0) is 18.6. The van der Waals surface area contributed by atoms with Crippen LogP contribution in [-0.2, 0) is 4.74 Å². The number of carbonyl (C=O) groups is 1. The van der Waals surface area contributed by atoms with E-state index in [9.17, 15) is 4.79 Å². The molecule has 5 heteroatoms. The third-order valence-electron chi connectivity index (χ3n) is 3.68. The summed E-state index contributed by atoms with van der Waals surface area (Å²) < 4.78 is 16.5.